The van der Waals surface area contributed by atoms with Gasteiger partial charge in [0.1, 0.15) is 5.58 Å². The highest BCUT2D eigenvalue weighted by Crippen LogP contribution is 2.21. The number of nitrogens with two attached hydrogens (primary N) is 1. The third kappa shape index (κ3) is 2.49. The molecule has 0 unspecified atom stereocenters. The molecule has 0 bridgehead atoms. The number of fused-ring (bicyclic) bond motifs is 1. The molecule has 102 valence electrons. The summed E-state index contributed by atoms with van der Waals surface area (Å²) in [6.45, 7) is 0.514. The van der Waals surface area contributed by atoms with E-state index < -0.39 is 0 Å². The summed E-state index contributed by atoms with van der Waals surface area (Å²) in [7, 11) is 0. The van der Waals surface area contributed by atoms with E-state index in [0.29, 0.717) is 24.2 Å². The first kappa shape index (κ1) is 12.3. The molecule has 0 spiro atoms. The van der Waals surface area contributed by atoms with Gasteiger partial charge in [-0.1, -0.05) is 0 Å². The number of amides is 1. The lowest BCUT2D eigenvalue weighted by Crippen LogP contribution is -2.25. The number of anilines is 1. The Morgan fingerprint density at radius 3 is 3.10 bits per heavy atom. The SMILES string of the molecule is Nc1ccc2oc(C(=O)NCCc3cnc[nH]3)cc2c1. The van der Waals surface area contributed by atoms with E-state index in [9.17, 15) is 4.79 Å². The second kappa shape index (κ2) is 5.08. The fourth-order valence-corrected chi connectivity index (χ4v) is 1.99. The standard InChI is InChI=1S/C14H14N4O2/c15-10-1-2-12-9(5-10)6-13(20-12)14(19)17-4-3-11-7-16-8-18-11/h1-2,5-8H,3-4,15H2,(H,16,18)(H,17,19). The molecule has 0 saturated carbocycles. The lowest BCUT2D eigenvalue weighted by atomic mass is 10.2. The van der Waals surface area contributed by atoms with Crippen LogP contribution in [0.3, 0.4) is 0 Å². The van der Waals surface area contributed by atoms with E-state index in [1.54, 1.807) is 36.8 Å². The van der Waals surface area contributed by atoms with Crippen LogP contribution in [0.2, 0.25) is 0 Å². The minimum absolute atomic E-state index is 0.237. The van der Waals surface area contributed by atoms with Gasteiger partial charge in [-0.25, -0.2) is 4.98 Å². The van der Waals surface area contributed by atoms with E-state index in [-0.39, 0.29) is 11.7 Å². The highest BCUT2D eigenvalue weighted by molar-refractivity contribution is 5.96. The van der Waals surface area contributed by atoms with Gasteiger partial charge in [0.2, 0.25) is 0 Å². The van der Waals surface area contributed by atoms with Crippen molar-refractivity contribution in [2.75, 3.05) is 12.3 Å². The van der Waals surface area contributed by atoms with E-state index in [2.05, 4.69) is 15.3 Å². The Kier molecular flexibility index (Phi) is 3.12. The Labute approximate surface area is 115 Å². The molecule has 3 aromatic rings. The van der Waals surface area contributed by atoms with E-state index in [0.717, 1.165) is 11.1 Å². The molecule has 0 radical (unpaired) electrons. The van der Waals surface area contributed by atoms with Gasteiger partial charge in [0.25, 0.3) is 5.91 Å². The maximum absolute atomic E-state index is 12.0. The molecule has 2 aromatic heterocycles. The summed E-state index contributed by atoms with van der Waals surface area (Å²) in [5.41, 5.74) is 7.96. The van der Waals surface area contributed by atoms with Gasteiger partial charge in [0, 0.05) is 35.9 Å². The first-order chi connectivity index (χ1) is 9.72. The van der Waals surface area contributed by atoms with Crippen molar-refractivity contribution in [3.05, 3.63) is 48.2 Å². The number of nitrogens with zero attached hydrogens (tertiary/aromatic N) is 1. The summed E-state index contributed by atoms with van der Waals surface area (Å²) in [4.78, 5) is 18.9. The van der Waals surface area contributed by atoms with Gasteiger partial charge >= 0.3 is 0 Å². The molecule has 20 heavy (non-hydrogen) atoms. The quantitative estimate of drug-likeness (QED) is 0.629. The number of nitrogen functional groups attached to an aromatic ring is 1. The molecule has 0 aliphatic carbocycles. The minimum Gasteiger partial charge on any atom is -0.451 e. The predicted octanol–water partition coefficient (Wildman–Crippen LogP) is 1.71. The van der Waals surface area contributed by atoms with Crippen LogP contribution in [0.5, 0.6) is 0 Å². The fraction of sp³-hybridized carbons (Fsp3) is 0.143. The molecule has 0 saturated heterocycles. The molecule has 0 atom stereocenters. The Balaban J connectivity index is 1.66. The summed E-state index contributed by atoms with van der Waals surface area (Å²) in [6, 6.07) is 6.97. The molecular weight excluding hydrogens is 256 g/mol. The van der Waals surface area contributed by atoms with Crippen LogP contribution < -0.4 is 11.1 Å². The van der Waals surface area contributed by atoms with Crippen LogP contribution in [0.25, 0.3) is 11.0 Å². The van der Waals surface area contributed by atoms with Crippen LogP contribution in [0.1, 0.15) is 16.2 Å². The Morgan fingerprint density at radius 1 is 1.40 bits per heavy atom. The van der Waals surface area contributed by atoms with Crippen molar-refractivity contribution >= 4 is 22.6 Å². The largest absolute Gasteiger partial charge is 0.451 e. The van der Waals surface area contributed by atoms with Gasteiger partial charge in [-0.3, -0.25) is 4.79 Å². The Bertz CT molecular complexity index is 731. The third-order valence-electron chi connectivity index (χ3n) is 3.00. The van der Waals surface area contributed by atoms with Crippen LogP contribution in [0.4, 0.5) is 5.69 Å². The number of imidazole rings is 1. The molecule has 6 nitrogen and oxygen atoms in total. The highest BCUT2D eigenvalue weighted by atomic mass is 16.3. The van der Waals surface area contributed by atoms with Gasteiger partial charge in [0.15, 0.2) is 5.76 Å². The molecule has 6 heteroatoms. The van der Waals surface area contributed by atoms with Crippen LogP contribution in [0, 0.1) is 0 Å². The molecular formula is C14H14N4O2. The summed E-state index contributed by atoms with van der Waals surface area (Å²) >= 11 is 0. The van der Waals surface area contributed by atoms with Crippen molar-refractivity contribution in [2.24, 2.45) is 0 Å². The third-order valence-corrected chi connectivity index (χ3v) is 3.00. The van der Waals surface area contributed by atoms with Gasteiger partial charge in [-0.05, 0) is 24.3 Å². The lowest BCUT2D eigenvalue weighted by Gasteiger charge is -2.01. The highest BCUT2D eigenvalue weighted by Gasteiger charge is 2.11. The molecule has 2 heterocycles. The van der Waals surface area contributed by atoms with Crippen LogP contribution in [-0.2, 0) is 6.42 Å². The van der Waals surface area contributed by atoms with Crippen molar-refractivity contribution in [2.45, 2.75) is 6.42 Å². The zero-order valence-corrected chi connectivity index (χ0v) is 10.7. The van der Waals surface area contributed by atoms with Crippen molar-refractivity contribution < 1.29 is 9.21 Å². The average molecular weight is 270 g/mol. The van der Waals surface area contributed by atoms with E-state index in [4.69, 9.17) is 10.2 Å². The van der Waals surface area contributed by atoms with Gasteiger partial charge < -0.3 is 20.5 Å². The molecule has 1 amide bonds. The molecule has 0 fully saturated rings. The zero-order valence-electron chi connectivity index (χ0n) is 10.7. The topological polar surface area (TPSA) is 96.9 Å². The summed E-state index contributed by atoms with van der Waals surface area (Å²) < 4.78 is 5.48. The van der Waals surface area contributed by atoms with Gasteiger partial charge in [0.05, 0.1) is 6.33 Å². The number of hydrogen-bond acceptors (Lipinski definition) is 4. The van der Waals surface area contributed by atoms with Crippen molar-refractivity contribution in [1.82, 2.24) is 15.3 Å². The number of rotatable bonds is 4. The lowest BCUT2D eigenvalue weighted by molar-refractivity contribution is 0.0928. The summed E-state index contributed by atoms with van der Waals surface area (Å²) in [6.07, 6.45) is 4.04. The average Bonchev–Trinajstić information content (AvgIpc) is 3.06. The molecule has 4 N–H and O–H groups in total. The van der Waals surface area contributed by atoms with E-state index in [1.165, 1.54) is 0 Å². The van der Waals surface area contributed by atoms with Crippen LogP contribution in [-0.4, -0.2) is 22.4 Å². The Hall–Kier alpha value is -2.76. The second-order valence-corrected chi connectivity index (χ2v) is 4.49. The van der Waals surface area contributed by atoms with Crippen molar-refractivity contribution in [3.63, 3.8) is 0 Å². The number of hydrogen-bond donors (Lipinski definition) is 3. The first-order valence-electron chi connectivity index (χ1n) is 6.27. The first-order valence-corrected chi connectivity index (χ1v) is 6.27. The number of benzene rings is 1. The number of H-pyrrole nitrogens is 1. The number of nitrogens with one attached hydrogen (secondary N) is 2. The van der Waals surface area contributed by atoms with E-state index in [1.807, 2.05) is 0 Å². The molecule has 0 aliphatic rings. The molecule has 3 rings (SSSR count). The minimum atomic E-state index is -0.237. The number of aromatic nitrogens is 2. The number of aromatic amines is 1. The van der Waals surface area contributed by atoms with Gasteiger partial charge in [-0.15, -0.1) is 0 Å². The molecule has 0 aliphatic heterocycles. The fourth-order valence-electron chi connectivity index (χ4n) is 1.99. The summed E-state index contributed by atoms with van der Waals surface area (Å²) in [5.74, 6) is 0.0505. The smallest absolute Gasteiger partial charge is 0.287 e. The number of furan rings is 1. The van der Waals surface area contributed by atoms with Crippen molar-refractivity contribution in [3.8, 4) is 0 Å². The van der Waals surface area contributed by atoms with Crippen molar-refractivity contribution in [1.29, 1.82) is 0 Å². The molecule has 1 aromatic carbocycles. The summed E-state index contributed by atoms with van der Waals surface area (Å²) in [5, 5.41) is 3.62. The second-order valence-electron chi connectivity index (χ2n) is 4.49. The van der Waals surface area contributed by atoms with Gasteiger partial charge in [-0.2, -0.15) is 0 Å². The Morgan fingerprint density at radius 2 is 2.30 bits per heavy atom. The van der Waals surface area contributed by atoms with Crippen LogP contribution >= 0.6 is 0 Å². The predicted molar refractivity (Wildman–Crippen MR) is 75.3 cm³/mol. The monoisotopic (exact) mass is 270 g/mol. The number of carbonyl (C=O) groups is 1. The maximum Gasteiger partial charge on any atom is 0.287 e. The zero-order chi connectivity index (χ0) is 13.9. The number of carbonyl (C=O) groups excluding carboxylic acids is 1. The van der Waals surface area contributed by atoms with Crippen LogP contribution in [0.15, 0.2) is 41.2 Å². The van der Waals surface area contributed by atoms with E-state index >= 15 is 0 Å². The normalized spacial score (nSPS) is 10.8. The maximum atomic E-state index is 12.0.